The summed E-state index contributed by atoms with van der Waals surface area (Å²) in [6.45, 7) is 0. The van der Waals surface area contributed by atoms with Crippen molar-refractivity contribution in [2.24, 2.45) is 0 Å². The third-order valence-electron chi connectivity index (χ3n) is 0. The van der Waals surface area contributed by atoms with Gasteiger partial charge in [0.25, 0.3) is 0 Å². The fourth-order valence-electron chi connectivity index (χ4n) is 0. The molecule has 0 fully saturated rings. The van der Waals surface area contributed by atoms with Crippen molar-refractivity contribution in [3.05, 3.63) is 0 Å². The second kappa shape index (κ2) is 25.2. The summed E-state index contributed by atoms with van der Waals surface area (Å²) in [7, 11) is 0. The Morgan fingerprint density at radius 3 is 1.40 bits per heavy atom. The minimum absolute atomic E-state index is 0. The van der Waals surface area contributed by atoms with E-state index in [1.165, 1.54) is 0 Å². The molecule has 0 rings (SSSR count). The predicted molar refractivity (Wildman–Crippen MR) is 8.66 cm³/mol. The Hall–Kier alpha value is 3.74. The van der Waals surface area contributed by atoms with Gasteiger partial charge in [-0.2, -0.15) is 0 Å². The monoisotopic (exact) mass is 415 g/mol. The molecule has 0 saturated heterocycles. The average Bonchev–Trinajstić information content (AvgIpc) is 1.00. The molecule has 5 heteroatoms. The molecule has 0 spiro atoms. The van der Waals surface area contributed by atoms with Crippen molar-refractivity contribution in [3.63, 3.8) is 0 Å². The fourth-order valence-corrected chi connectivity index (χ4v) is 0. The van der Waals surface area contributed by atoms with Gasteiger partial charge in [-0.1, -0.05) is 0 Å². The fraction of sp³-hybridized carbons (Fsp3) is 0. The van der Waals surface area contributed by atoms with E-state index in [2.05, 4.69) is 15.9 Å². The molecule has 0 N–H and O–H groups in total. The van der Waals surface area contributed by atoms with E-state index in [4.69, 9.17) is 3.83 Å². The van der Waals surface area contributed by atoms with Crippen LogP contribution in [0.4, 0.5) is 0 Å². The van der Waals surface area contributed by atoms with E-state index in [0.29, 0.717) is 0 Å². The molecule has 0 aliphatic heterocycles. The minimum atomic E-state index is 0. The Labute approximate surface area is 123 Å². The third kappa shape index (κ3) is 18.2. The van der Waals surface area contributed by atoms with Crippen LogP contribution in [0.3, 0.4) is 0 Å². The van der Waals surface area contributed by atoms with Crippen LogP contribution in [0, 0.1) is 0 Å². The molecule has 0 aromatic heterocycles. The first-order chi connectivity index (χ1) is 1.00. The van der Waals surface area contributed by atoms with Crippen molar-refractivity contribution in [2.45, 2.75) is 0 Å². The standard InChI is InChI=1S/Ag.Ba.Cu.O.Y.2H/q;+2;;;;2*-1. The van der Waals surface area contributed by atoms with E-state index in [-0.39, 0.29) is 107 Å². The normalized spacial score (nSPS) is 1.20. The first-order valence-corrected chi connectivity index (χ1v) is 0.508. The summed E-state index contributed by atoms with van der Waals surface area (Å²) in [5.41, 5.74) is 0. The van der Waals surface area contributed by atoms with E-state index >= 15 is 0 Å². The number of hydrogen-bond acceptors (Lipinski definition) is 1. The molecule has 35 valence electrons. The molecule has 0 aromatic rings. The molecule has 0 aromatic carbocycles. The molecule has 0 aliphatic rings. The zero-order chi connectivity index (χ0) is 2.00. The molecule has 0 unspecified atom stereocenters. The summed E-state index contributed by atoms with van der Waals surface area (Å²) in [6.07, 6.45) is 0. The third-order valence-corrected chi connectivity index (χ3v) is 0. The summed E-state index contributed by atoms with van der Waals surface area (Å²) in [6, 6.07) is 0. The summed E-state index contributed by atoms with van der Waals surface area (Å²) in [5, 5.41) is 0. The molecular formula is H2AgBaCuOY. The van der Waals surface area contributed by atoms with Gasteiger partial charge in [-0.15, -0.1) is 0 Å². The predicted octanol–water partition coefficient (Wildman–Crippen LogP) is -0.282. The van der Waals surface area contributed by atoms with E-state index < -0.39 is 0 Å². The smallest absolute Gasteiger partial charge is 0 e. The molecule has 0 saturated carbocycles. The first kappa shape index (κ1) is 23.3. The molecule has 1 nitrogen and oxygen atoms in total. The van der Waals surface area contributed by atoms with Crippen molar-refractivity contribution in [3.8, 4) is 0 Å². The van der Waals surface area contributed by atoms with Crippen molar-refractivity contribution in [1.29, 1.82) is 0 Å². The van der Waals surface area contributed by atoms with Gasteiger partial charge in [-0.25, -0.2) is 0 Å². The van der Waals surface area contributed by atoms with Gasteiger partial charge in [-0.3, -0.25) is 0 Å². The van der Waals surface area contributed by atoms with E-state index in [1.54, 1.807) is 0 Å². The Morgan fingerprint density at radius 1 is 1.40 bits per heavy atom. The van der Waals surface area contributed by atoms with Crippen LogP contribution < -0.4 is 0 Å². The van der Waals surface area contributed by atoms with Gasteiger partial charge in [0.05, 0.1) is 0 Å². The van der Waals surface area contributed by atoms with Gasteiger partial charge in [0.15, 0.2) is 0 Å². The van der Waals surface area contributed by atoms with Crippen molar-refractivity contribution in [2.75, 3.05) is 0 Å². The SMILES string of the molecule is [Ag].[Ba+2].[H-].[H-].[O]=[Cu].[Y]. The number of hydrogen-bond donors (Lipinski definition) is 0. The van der Waals surface area contributed by atoms with Crippen LogP contribution in [-0.4, -0.2) is 48.9 Å². The average molecular weight is 416 g/mol. The Morgan fingerprint density at radius 2 is 1.40 bits per heavy atom. The Balaban J connectivity index is -0.000000000500. The summed E-state index contributed by atoms with van der Waals surface area (Å²) >= 11 is 2.94. The van der Waals surface area contributed by atoms with Crippen LogP contribution in [-0.2, 0) is 74.9 Å². The zero-order valence-electron chi connectivity index (χ0n) is 4.30. The van der Waals surface area contributed by atoms with Crippen molar-refractivity contribution < 1.29 is 77.7 Å². The van der Waals surface area contributed by atoms with Gasteiger partial charge < -0.3 is 2.85 Å². The molecule has 0 aliphatic carbocycles. The summed E-state index contributed by atoms with van der Waals surface area (Å²) in [4.78, 5) is 0. The Kier molecular flexibility index (Phi) is 117. The molecule has 0 atom stereocenters. The maximum atomic E-state index is 7.81. The van der Waals surface area contributed by atoms with E-state index in [1.807, 2.05) is 0 Å². The van der Waals surface area contributed by atoms with Crippen LogP contribution in [0.15, 0.2) is 0 Å². The summed E-state index contributed by atoms with van der Waals surface area (Å²) in [5.74, 6) is 0. The molecule has 5 heavy (non-hydrogen) atoms. The second-order valence-electron chi connectivity index (χ2n) is 0. The minimum Gasteiger partial charge on any atom is 0 e. The quantitative estimate of drug-likeness (QED) is 0.498. The second-order valence-corrected chi connectivity index (χ2v) is 0. The van der Waals surface area contributed by atoms with Crippen LogP contribution >= 0.6 is 0 Å². The molecule has 0 bridgehead atoms. The van der Waals surface area contributed by atoms with Crippen molar-refractivity contribution >= 4 is 48.9 Å². The molecule has 2 radical (unpaired) electrons. The topological polar surface area (TPSA) is 17.1 Å². The van der Waals surface area contributed by atoms with Gasteiger partial charge in [0.1, 0.15) is 0 Å². The van der Waals surface area contributed by atoms with E-state index in [0.717, 1.165) is 0 Å². The van der Waals surface area contributed by atoms with Crippen LogP contribution in [0.2, 0.25) is 0 Å². The van der Waals surface area contributed by atoms with Gasteiger partial charge in [0, 0.05) is 55.1 Å². The first-order valence-electron chi connectivity index (χ1n) is 0.123. The zero-order valence-corrected chi connectivity index (χ0v) is 12.0. The van der Waals surface area contributed by atoms with Crippen molar-refractivity contribution in [1.82, 2.24) is 0 Å². The maximum absolute atomic E-state index is 7.81. The maximum Gasteiger partial charge on any atom is 0 e. The summed E-state index contributed by atoms with van der Waals surface area (Å²) < 4.78 is 7.81. The largest absolute Gasteiger partial charge is 0 e. The van der Waals surface area contributed by atoms with Gasteiger partial charge >= 0.3 is 68.7 Å². The molecular weight excluding hydrogens is 414 g/mol. The van der Waals surface area contributed by atoms with E-state index in [9.17, 15) is 0 Å². The number of rotatable bonds is 0. The van der Waals surface area contributed by atoms with Gasteiger partial charge in [-0.05, 0) is 0 Å². The molecule has 0 heterocycles. The van der Waals surface area contributed by atoms with Crippen LogP contribution in [0.1, 0.15) is 2.85 Å². The van der Waals surface area contributed by atoms with Crippen LogP contribution in [0.5, 0.6) is 0 Å². The van der Waals surface area contributed by atoms with Gasteiger partial charge in [0.2, 0.25) is 0 Å². The Bertz CT molecular complexity index is 17.7. The molecule has 0 amide bonds. The van der Waals surface area contributed by atoms with Crippen LogP contribution in [0.25, 0.3) is 0 Å².